The monoisotopic (exact) mass is 470 g/mol. The van der Waals surface area contributed by atoms with Gasteiger partial charge in [0.25, 0.3) is 0 Å². The number of fused-ring (bicyclic) bond motifs is 1. The Morgan fingerprint density at radius 1 is 1.03 bits per heavy atom. The molecule has 0 atom stereocenters. The Morgan fingerprint density at radius 3 is 2.59 bits per heavy atom. The highest BCUT2D eigenvalue weighted by Gasteiger charge is 2.15. The highest BCUT2D eigenvalue weighted by molar-refractivity contribution is 9.10. The van der Waals surface area contributed by atoms with Crippen molar-refractivity contribution in [3.8, 4) is 17.2 Å². The first-order valence-corrected chi connectivity index (χ1v) is 10.1. The molecule has 0 fully saturated rings. The van der Waals surface area contributed by atoms with Crippen molar-refractivity contribution in [3.63, 3.8) is 0 Å². The minimum atomic E-state index is -0.239. The van der Waals surface area contributed by atoms with Crippen molar-refractivity contribution in [1.29, 1.82) is 0 Å². The number of hydrogen-bond donors (Lipinski definition) is 0. The van der Waals surface area contributed by atoms with E-state index in [0.29, 0.717) is 39.9 Å². The van der Waals surface area contributed by atoms with E-state index in [9.17, 15) is 4.79 Å². The van der Waals surface area contributed by atoms with Gasteiger partial charge in [0.05, 0.1) is 9.86 Å². The molecule has 0 aliphatic carbocycles. The molecule has 4 rings (SSSR count). The van der Waals surface area contributed by atoms with Crippen LogP contribution >= 0.6 is 27.5 Å². The number of rotatable bonds is 5. The van der Waals surface area contributed by atoms with Crippen LogP contribution in [0.15, 0.2) is 80.4 Å². The third-order valence-electron chi connectivity index (χ3n) is 4.39. The fourth-order valence-corrected chi connectivity index (χ4v) is 3.45. The SMILES string of the molecule is Cc1oc2cc(OCc3ccccc3Cl)ccc2c(=O)c1Oc1ccccc1Br. The quantitative estimate of drug-likeness (QED) is 0.318. The summed E-state index contributed by atoms with van der Waals surface area (Å²) in [5.74, 6) is 1.68. The topological polar surface area (TPSA) is 48.7 Å². The second kappa shape index (κ2) is 8.31. The van der Waals surface area contributed by atoms with Gasteiger partial charge in [0.15, 0.2) is 0 Å². The Balaban J connectivity index is 1.64. The van der Waals surface area contributed by atoms with Crippen molar-refractivity contribution >= 4 is 38.5 Å². The minimum absolute atomic E-state index is 0.161. The summed E-state index contributed by atoms with van der Waals surface area (Å²) in [5.41, 5.74) is 1.07. The molecule has 146 valence electrons. The molecule has 0 aliphatic rings. The molecule has 0 spiro atoms. The molecule has 0 radical (unpaired) electrons. The number of aryl methyl sites for hydroxylation is 1. The molecule has 3 aromatic carbocycles. The average Bonchev–Trinajstić information content (AvgIpc) is 2.71. The van der Waals surface area contributed by atoms with Crippen molar-refractivity contribution < 1.29 is 13.9 Å². The normalized spacial score (nSPS) is 10.9. The van der Waals surface area contributed by atoms with Crippen LogP contribution in [0.3, 0.4) is 0 Å². The minimum Gasteiger partial charge on any atom is -0.489 e. The second-order valence-corrected chi connectivity index (χ2v) is 7.65. The smallest absolute Gasteiger partial charge is 0.235 e. The fraction of sp³-hybridized carbons (Fsp3) is 0.0870. The van der Waals surface area contributed by atoms with Crippen LogP contribution < -0.4 is 14.9 Å². The molecule has 29 heavy (non-hydrogen) atoms. The van der Waals surface area contributed by atoms with Crippen molar-refractivity contribution in [2.24, 2.45) is 0 Å². The lowest BCUT2D eigenvalue weighted by atomic mass is 10.2. The molecular formula is C23H16BrClO4. The first-order chi connectivity index (χ1) is 14.0. The van der Waals surface area contributed by atoms with Crippen LogP contribution in [0.5, 0.6) is 17.2 Å². The third kappa shape index (κ3) is 4.16. The molecule has 0 saturated carbocycles. The van der Waals surface area contributed by atoms with Crippen LogP contribution in [0, 0.1) is 6.92 Å². The van der Waals surface area contributed by atoms with Crippen LogP contribution in [-0.4, -0.2) is 0 Å². The Bertz CT molecular complexity index is 1250. The molecular weight excluding hydrogens is 456 g/mol. The van der Waals surface area contributed by atoms with E-state index in [-0.39, 0.29) is 11.2 Å². The zero-order valence-electron chi connectivity index (χ0n) is 15.4. The van der Waals surface area contributed by atoms with E-state index in [1.807, 2.05) is 42.5 Å². The lowest BCUT2D eigenvalue weighted by Crippen LogP contribution is -2.07. The predicted molar refractivity (Wildman–Crippen MR) is 117 cm³/mol. The van der Waals surface area contributed by atoms with Gasteiger partial charge < -0.3 is 13.9 Å². The summed E-state index contributed by atoms with van der Waals surface area (Å²) < 4.78 is 18.3. The molecule has 0 unspecified atom stereocenters. The van der Waals surface area contributed by atoms with Gasteiger partial charge >= 0.3 is 0 Å². The van der Waals surface area contributed by atoms with Crippen molar-refractivity contribution in [3.05, 3.63) is 97.8 Å². The molecule has 0 saturated heterocycles. The van der Waals surface area contributed by atoms with E-state index in [1.165, 1.54) is 0 Å². The molecule has 1 aromatic heterocycles. The number of halogens is 2. The van der Waals surface area contributed by atoms with Crippen LogP contribution in [0.25, 0.3) is 11.0 Å². The third-order valence-corrected chi connectivity index (χ3v) is 5.41. The van der Waals surface area contributed by atoms with Gasteiger partial charge in [-0.3, -0.25) is 4.79 Å². The molecule has 0 bridgehead atoms. The number of para-hydroxylation sites is 1. The highest BCUT2D eigenvalue weighted by Crippen LogP contribution is 2.31. The van der Waals surface area contributed by atoms with Crippen LogP contribution in [-0.2, 0) is 6.61 Å². The number of benzene rings is 3. The van der Waals surface area contributed by atoms with Crippen LogP contribution in [0.2, 0.25) is 5.02 Å². The molecule has 0 aliphatic heterocycles. The van der Waals surface area contributed by atoms with Gasteiger partial charge in [0.1, 0.15) is 29.4 Å². The Morgan fingerprint density at radius 2 is 1.79 bits per heavy atom. The standard InChI is InChI=1S/C23H16BrClO4/c1-14-23(29-20-9-5-3-7-18(20)24)22(26)17-11-10-16(12-21(17)28-14)27-13-15-6-2-4-8-19(15)25/h2-12H,13H2,1H3. The fourth-order valence-electron chi connectivity index (χ4n) is 2.89. The molecule has 4 nitrogen and oxygen atoms in total. The first kappa shape index (κ1) is 19.6. The summed E-state index contributed by atoms with van der Waals surface area (Å²) in [6.45, 7) is 2.02. The van der Waals surface area contributed by atoms with Crippen molar-refractivity contribution in [2.45, 2.75) is 13.5 Å². The van der Waals surface area contributed by atoms with E-state index in [0.717, 1.165) is 10.0 Å². The number of ether oxygens (including phenoxy) is 2. The average molecular weight is 472 g/mol. The molecule has 4 aromatic rings. The first-order valence-electron chi connectivity index (χ1n) is 8.89. The van der Waals surface area contributed by atoms with E-state index >= 15 is 0 Å². The van der Waals surface area contributed by atoms with E-state index in [2.05, 4.69) is 15.9 Å². The van der Waals surface area contributed by atoms with Gasteiger partial charge in [-0.25, -0.2) is 0 Å². The van der Waals surface area contributed by atoms with Crippen molar-refractivity contribution in [1.82, 2.24) is 0 Å². The predicted octanol–water partition coefficient (Wildman–Crippen LogP) is 6.89. The van der Waals surface area contributed by atoms with E-state index < -0.39 is 0 Å². The summed E-state index contributed by atoms with van der Waals surface area (Å²) in [4.78, 5) is 12.9. The maximum absolute atomic E-state index is 12.9. The Hall–Kier alpha value is -2.76. The maximum Gasteiger partial charge on any atom is 0.235 e. The highest BCUT2D eigenvalue weighted by atomic mass is 79.9. The summed E-state index contributed by atoms with van der Waals surface area (Å²) in [6.07, 6.45) is 0. The zero-order chi connectivity index (χ0) is 20.4. The van der Waals surface area contributed by atoms with Gasteiger partial charge in [-0.2, -0.15) is 0 Å². The summed E-state index contributed by atoms with van der Waals surface area (Å²) in [5, 5.41) is 1.06. The lowest BCUT2D eigenvalue weighted by Gasteiger charge is -2.11. The lowest BCUT2D eigenvalue weighted by molar-refractivity contribution is 0.306. The van der Waals surface area contributed by atoms with Gasteiger partial charge in [0, 0.05) is 16.7 Å². The van der Waals surface area contributed by atoms with Crippen LogP contribution in [0.4, 0.5) is 0 Å². The molecule has 6 heteroatoms. The van der Waals surface area contributed by atoms with Crippen molar-refractivity contribution in [2.75, 3.05) is 0 Å². The van der Waals surface area contributed by atoms with E-state index in [1.54, 1.807) is 31.2 Å². The van der Waals surface area contributed by atoms with Gasteiger partial charge in [-0.15, -0.1) is 0 Å². The molecule has 1 heterocycles. The van der Waals surface area contributed by atoms with Gasteiger partial charge in [0.2, 0.25) is 11.2 Å². The second-order valence-electron chi connectivity index (χ2n) is 6.39. The Labute approximate surface area is 180 Å². The van der Waals surface area contributed by atoms with E-state index in [4.69, 9.17) is 25.5 Å². The number of hydrogen-bond acceptors (Lipinski definition) is 4. The van der Waals surface area contributed by atoms with Gasteiger partial charge in [-0.05, 0) is 53.2 Å². The maximum atomic E-state index is 12.9. The largest absolute Gasteiger partial charge is 0.489 e. The van der Waals surface area contributed by atoms with Gasteiger partial charge in [-0.1, -0.05) is 41.9 Å². The Kier molecular flexibility index (Phi) is 5.60. The summed E-state index contributed by atoms with van der Waals surface area (Å²) in [6, 6.07) is 19.9. The zero-order valence-corrected chi connectivity index (χ0v) is 17.8. The summed E-state index contributed by atoms with van der Waals surface area (Å²) in [7, 11) is 0. The molecule has 0 N–H and O–H groups in total. The molecule has 0 amide bonds. The van der Waals surface area contributed by atoms with Crippen LogP contribution in [0.1, 0.15) is 11.3 Å². The summed E-state index contributed by atoms with van der Waals surface area (Å²) >= 11 is 9.59.